The van der Waals surface area contributed by atoms with E-state index in [0.717, 1.165) is 23.0 Å². The van der Waals surface area contributed by atoms with E-state index in [1.54, 1.807) is 12.1 Å². The molecule has 2 aromatic carbocycles. The molecule has 0 spiro atoms. The van der Waals surface area contributed by atoms with E-state index in [4.69, 9.17) is 23.8 Å². The molecule has 0 aliphatic carbocycles. The quantitative estimate of drug-likeness (QED) is 0.639. The lowest BCUT2D eigenvalue weighted by Crippen LogP contribution is -2.28. The van der Waals surface area contributed by atoms with Crippen molar-refractivity contribution < 1.29 is 9.41 Å². The molecule has 2 nitrogen and oxygen atoms in total. The number of aryl methyl sites for hydroxylation is 1. The van der Waals surface area contributed by atoms with Gasteiger partial charge in [-0.25, -0.2) is 4.39 Å². The van der Waals surface area contributed by atoms with E-state index in [2.05, 4.69) is 5.32 Å². The summed E-state index contributed by atoms with van der Waals surface area (Å²) in [6.45, 7) is -0.500. The van der Waals surface area contributed by atoms with Gasteiger partial charge in [-0.2, -0.15) is 0 Å². The van der Waals surface area contributed by atoms with E-state index in [1.807, 2.05) is 12.1 Å². The van der Waals surface area contributed by atoms with Gasteiger partial charge in [0, 0.05) is 5.75 Å². The first-order chi connectivity index (χ1) is 11.0. The molecule has 0 aromatic heterocycles. The Balaban J connectivity index is 1.64. The van der Waals surface area contributed by atoms with E-state index < -0.39 is 6.92 Å². The predicted molar refractivity (Wildman–Crippen MR) is 101 cm³/mol. The lowest BCUT2D eigenvalue weighted by molar-refractivity contribution is 0.587. The van der Waals surface area contributed by atoms with Gasteiger partial charge in [-0.3, -0.25) is 0 Å². The number of rotatable bonds is 3. The molecule has 0 radical (unpaired) electrons. The van der Waals surface area contributed by atoms with Gasteiger partial charge in [0.15, 0.2) is 0 Å². The zero-order chi connectivity index (χ0) is 16.4. The zero-order valence-electron chi connectivity index (χ0n) is 12.2. The van der Waals surface area contributed by atoms with Crippen LogP contribution in [0.15, 0.2) is 36.4 Å². The molecule has 1 heterocycles. The van der Waals surface area contributed by atoms with Crippen LogP contribution < -0.4 is 10.8 Å². The molecule has 0 amide bonds. The highest BCUT2D eigenvalue weighted by Crippen LogP contribution is 2.28. The molecule has 0 unspecified atom stereocenters. The summed E-state index contributed by atoms with van der Waals surface area (Å²) in [5, 5.41) is 13.7. The smallest absolute Gasteiger partial charge is 0.325 e. The van der Waals surface area contributed by atoms with Crippen molar-refractivity contribution in [1.29, 1.82) is 0 Å². The van der Waals surface area contributed by atoms with Crippen LogP contribution >= 0.6 is 35.6 Å². The topological polar surface area (TPSA) is 32.3 Å². The van der Waals surface area contributed by atoms with Gasteiger partial charge in [0.1, 0.15) is 10.1 Å². The van der Waals surface area contributed by atoms with Crippen molar-refractivity contribution in [2.75, 3.05) is 5.32 Å². The molecule has 0 bridgehead atoms. The lowest BCUT2D eigenvalue weighted by Gasteiger charge is -2.13. The number of thioether (sulfide) groups is 1. The molecular formula is C16H14BClFNOS2. The van der Waals surface area contributed by atoms with Gasteiger partial charge in [0.2, 0.25) is 0 Å². The second-order valence-corrected chi connectivity index (χ2v) is 7.41. The first-order valence-corrected chi connectivity index (χ1v) is 8.99. The van der Waals surface area contributed by atoms with E-state index >= 15 is 0 Å². The zero-order valence-corrected chi connectivity index (χ0v) is 14.6. The number of fused-ring (bicyclic) bond motifs is 1. The fraction of sp³-hybridized carbons (Fsp3) is 0.188. The van der Waals surface area contributed by atoms with Crippen molar-refractivity contribution >= 4 is 58.0 Å². The second-order valence-electron chi connectivity index (χ2n) is 5.38. The Morgan fingerprint density at radius 1 is 1.30 bits per heavy atom. The fourth-order valence-corrected chi connectivity index (χ4v) is 3.94. The highest BCUT2D eigenvalue weighted by atomic mass is 35.5. The van der Waals surface area contributed by atoms with Crippen LogP contribution in [0.5, 0.6) is 0 Å². The number of thiocarbonyl (C=S) groups is 1. The first-order valence-electron chi connectivity index (χ1n) is 7.22. The number of hydrogen-bond acceptors (Lipinski definition) is 3. The largest absolute Gasteiger partial charge is 0.446 e. The molecule has 3 rings (SSSR count). The number of anilines is 1. The standard InChI is InChI=1S/C16H14BClFNOS2/c18-15-13(6-3-11-7-8-17(21)14(11)15)20-16(22)23-9-10-1-4-12(19)5-2-10/h1-6,21H,7-9H2,(H,20,22). The van der Waals surface area contributed by atoms with Crippen LogP contribution in [0.3, 0.4) is 0 Å². The summed E-state index contributed by atoms with van der Waals surface area (Å²) < 4.78 is 13.5. The van der Waals surface area contributed by atoms with Crippen LogP contribution in [0.25, 0.3) is 0 Å². The lowest BCUT2D eigenvalue weighted by atomic mass is 9.63. The molecule has 2 aromatic rings. The maximum Gasteiger partial charge on any atom is 0.325 e. The summed E-state index contributed by atoms with van der Waals surface area (Å²) in [6.07, 6.45) is 1.56. The van der Waals surface area contributed by atoms with Gasteiger partial charge in [0.05, 0.1) is 10.7 Å². The van der Waals surface area contributed by atoms with Crippen molar-refractivity contribution in [3.63, 3.8) is 0 Å². The van der Waals surface area contributed by atoms with E-state index in [9.17, 15) is 9.41 Å². The van der Waals surface area contributed by atoms with Crippen LogP contribution in [0, 0.1) is 5.82 Å². The summed E-state index contributed by atoms with van der Waals surface area (Å²) >= 11 is 13.2. The summed E-state index contributed by atoms with van der Waals surface area (Å²) in [7, 11) is 0. The van der Waals surface area contributed by atoms with Crippen LogP contribution in [-0.4, -0.2) is 16.3 Å². The minimum absolute atomic E-state index is 0.247. The molecule has 0 fully saturated rings. The minimum atomic E-state index is -0.500. The highest BCUT2D eigenvalue weighted by molar-refractivity contribution is 8.22. The maximum absolute atomic E-state index is 12.9. The number of benzene rings is 2. The SMILES string of the molecule is OB1CCc2ccc(NC(=S)SCc3ccc(F)cc3)c(Cl)c21. The van der Waals surface area contributed by atoms with Crippen molar-refractivity contribution in [2.24, 2.45) is 0 Å². The molecule has 0 atom stereocenters. The van der Waals surface area contributed by atoms with Crippen molar-refractivity contribution in [3.8, 4) is 0 Å². The Labute approximate surface area is 149 Å². The highest BCUT2D eigenvalue weighted by Gasteiger charge is 2.28. The Hall–Kier alpha value is -1.08. The molecule has 7 heteroatoms. The molecule has 118 valence electrons. The van der Waals surface area contributed by atoms with Crippen LogP contribution in [-0.2, 0) is 12.2 Å². The van der Waals surface area contributed by atoms with Gasteiger partial charge in [-0.15, -0.1) is 0 Å². The molecule has 2 N–H and O–H groups in total. The molecule has 0 saturated carbocycles. The third-order valence-electron chi connectivity index (χ3n) is 3.81. The summed E-state index contributed by atoms with van der Waals surface area (Å²) in [6, 6.07) is 10.2. The third kappa shape index (κ3) is 3.88. The molecular weight excluding hydrogens is 352 g/mol. The van der Waals surface area contributed by atoms with Crippen LogP contribution in [0.4, 0.5) is 10.1 Å². The van der Waals surface area contributed by atoms with E-state index in [-0.39, 0.29) is 5.82 Å². The normalized spacial score (nSPS) is 13.1. The molecule has 0 saturated heterocycles. The van der Waals surface area contributed by atoms with Gasteiger partial charge >= 0.3 is 6.92 Å². The van der Waals surface area contributed by atoms with E-state index in [1.165, 1.54) is 23.9 Å². The van der Waals surface area contributed by atoms with Gasteiger partial charge in [-0.05, 0) is 47.5 Å². The third-order valence-corrected chi connectivity index (χ3v) is 5.52. The van der Waals surface area contributed by atoms with Gasteiger partial charge in [-0.1, -0.05) is 53.8 Å². The average Bonchev–Trinajstić information content (AvgIpc) is 2.91. The summed E-state index contributed by atoms with van der Waals surface area (Å²) in [5.41, 5.74) is 3.61. The Morgan fingerprint density at radius 3 is 2.78 bits per heavy atom. The maximum atomic E-state index is 12.9. The van der Waals surface area contributed by atoms with Crippen molar-refractivity contribution in [3.05, 3.63) is 58.4 Å². The van der Waals surface area contributed by atoms with Crippen molar-refractivity contribution in [1.82, 2.24) is 0 Å². The number of halogens is 2. The fourth-order valence-electron chi connectivity index (χ4n) is 2.62. The average molecular weight is 366 g/mol. The van der Waals surface area contributed by atoms with Gasteiger partial charge < -0.3 is 10.3 Å². The Bertz CT molecular complexity index is 742. The number of nitrogens with one attached hydrogen (secondary N) is 1. The minimum Gasteiger partial charge on any atom is -0.446 e. The number of hydrogen-bond donors (Lipinski definition) is 2. The Morgan fingerprint density at radius 2 is 2.04 bits per heavy atom. The van der Waals surface area contributed by atoms with Crippen LogP contribution in [0.2, 0.25) is 11.3 Å². The van der Waals surface area contributed by atoms with E-state index in [0.29, 0.717) is 27.1 Å². The molecule has 1 aliphatic rings. The van der Waals surface area contributed by atoms with Gasteiger partial charge in [0.25, 0.3) is 0 Å². The molecule has 1 aliphatic heterocycles. The Kier molecular flexibility index (Phi) is 5.26. The monoisotopic (exact) mass is 365 g/mol. The van der Waals surface area contributed by atoms with Crippen LogP contribution in [0.1, 0.15) is 11.1 Å². The summed E-state index contributed by atoms with van der Waals surface area (Å²) in [5.74, 6) is 0.403. The summed E-state index contributed by atoms with van der Waals surface area (Å²) in [4.78, 5) is 0. The van der Waals surface area contributed by atoms with Crippen molar-refractivity contribution in [2.45, 2.75) is 18.5 Å². The predicted octanol–water partition coefficient (Wildman–Crippen LogP) is 3.86. The second kappa shape index (κ2) is 7.22. The molecule has 23 heavy (non-hydrogen) atoms. The first kappa shape index (κ1) is 16.8.